The normalized spacial score (nSPS) is 25.1. The molecule has 1 saturated heterocycles. The van der Waals surface area contributed by atoms with Crippen molar-refractivity contribution in [3.63, 3.8) is 0 Å². The van der Waals surface area contributed by atoms with E-state index in [2.05, 4.69) is 5.10 Å². The molecule has 2 aromatic heterocycles. The van der Waals surface area contributed by atoms with Gasteiger partial charge in [0, 0.05) is 25.6 Å². The Morgan fingerprint density at radius 1 is 1.28 bits per heavy atom. The van der Waals surface area contributed by atoms with Crippen LogP contribution in [0.2, 0.25) is 0 Å². The zero-order valence-electron chi connectivity index (χ0n) is 14.4. The Balaban J connectivity index is 1.46. The van der Waals surface area contributed by atoms with E-state index in [0.29, 0.717) is 30.2 Å². The van der Waals surface area contributed by atoms with Crippen molar-refractivity contribution in [1.82, 2.24) is 19.2 Å². The van der Waals surface area contributed by atoms with Crippen LogP contribution in [0.1, 0.15) is 47.6 Å². The van der Waals surface area contributed by atoms with Crippen LogP contribution in [-0.4, -0.2) is 37.2 Å². The number of fused-ring (bicyclic) bond motifs is 3. The van der Waals surface area contributed by atoms with Crippen molar-refractivity contribution < 1.29 is 9.21 Å². The average Bonchev–Trinajstić information content (AvgIpc) is 3.10. The Hall–Kier alpha value is -2.31. The molecule has 7 heteroatoms. The number of hydrogen-bond acceptors (Lipinski definition) is 4. The van der Waals surface area contributed by atoms with Crippen LogP contribution in [0.4, 0.5) is 0 Å². The topological polar surface area (TPSA) is 73.3 Å². The SMILES string of the molecule is Cc1occc1C(=O)N1[C@@H]2CC[C@H]1Cc1nn(CC3CC3)c(=O)n1C2. The Morgan fingerprint density at radius 2 is 2.08 bits per heavy atom. The quantitative estimate of drug-likeness (QED) is 0.849. The largest absolute Gasteiger partial charge is 0.469 e. The fourth-order valence-corrected chi connectivity index (χ4v) is 4.32. The maximum absolute atomic E-state index is 13.0. The van der Waals surface area contributed by atoms with E-state index < -0.39 is 0 Å². The van der Waals surface area contributed by atoms with E-state index in [9.17, 15) is 9.59 Å². The lowest BCUT2D eigenvalue weighted by atomic mass is 10.1. The standard InChI is InChI=1S/C18H22N4O3/c1-11-15(6-7-25-11)17(23)22-13-4-5-14(22)10-20-16(8-13)19-21(18(20)24)9-12-2-3-12/h6-7,12-14H,2-5,8-10H2,1H3/t13-,14+/m0/s1. The molecule has 0 spiro atoms. The van der Waals surface area contributed by atoms with Crippen molar-refractivity contribution in [3.05, 3.63) is 40.0 Å². The molecule has 0 aromatic carbocycles. The van der Waals surface area contributed by atoms with Crippen LogP contribution < -0.4 is 5.69 Å². The van der Waals surface area contributed by atoms with Crippen LogP contribution in [0.15, 0.2) is 21.5 Å². The number of aromatic nitrogens is 3. The minimum absolute atomic E-state index is 0.0126. The molecule has 25 heavy (non-hydrogen) atoms. The maximum atomic E-state index is 13.0. The van der Waals surface area contributed by atoms with Crippen molar-refractivity contribution >= 4 is 5.91 Å². The van der Waals surface area contributed by atoms with E-state index in [1.54, 1.807) is 21.6 Å². The third-order valence-electron chi connectivity index (χ3n) is 5.88. The molecule has 0 N–H and O–H groups in total. The Labute approximate surface area is 145 Å². The first-order valence-corrected chi connectivity index (χ1v) is 9.15. The third kappa shape index (κ3) is 2.36. The summed E-state index contributed by atoms with van der Waals surface area (Å²) in [6, 6.07) is 1.91. The summed E-state index contributed by atoms with van der Waals surface area (Å²) in [4.78, 5) is 27.7. The zero-order chi connectivity index (χ0) is 17.1. The summed E-state index contributed by atoms with van der Waals surface area (Å²) in [6.45, 7) is 3.11. The number of hydrogen-bond donors (Lipinski definition) is 0. The fraction of sp³-hybridized carbons (Fsp3) is 0.611. The smallest absolute Gasteiger partial charge is 0.345 e. The highest BCUT2D eigenvalue weighted by molar-refractivity contribution is 5.95. The Bertz CT molecular complexity index is 889. The van der Waals surface area contributed by atoms with Gasteiger partial charge in [0.05, 0.1) is 17.9 Å². The zero-order valence-corrected chi connectivity index (χ0v) is 14.4. The molecule has 2 aliphatic heterocycles. The maximum Gasteiger partial charge on any atom is 0.345 e. The molecule has 4 heterocycles. The summed E-state index contributed by atoms with van der Waals surface area (Å²) in [5.74, 6) is 2.12. The number of aryl methyl sites for hydroxylation is 1. The van der Waals surface area contributed by atoms with Gasteiger partial charge in [0.25, 0.3) is 5.91 Å². The van der Waals surface area contributed by atoms with Crippen molar-refractivity contribution in [3.8, 4) is 0 Å². The van der Waals surface area contributed by atoms with Crippen LogP contribution in [0, 0.1) is 12.8 Å². The molecule has 2 fully saturated rings. The molecule has 2 bridgehead atoms. The van der Waals surface area contributed by atoms with E-state index >= 15 is 0 Å². The van der Waals surface area contributed by atoms with E-state index in [4.69, 9.17) is 4.42 Å². The van der Waals surface area contributed by atoms with Crippen LogP contribution in [0.3, 0.4) is 0 Å². The lowest BCUT2D eigenvalue weighted by Gasteiger charge is -2.27. The highest BCUT2D eigenvalue weighted by Crippen LogP contribution is 2.33. The number of rotatable bonds is 3. The number of carbonyl (C=O) groups excluding carboxylic acids is 1. The van der Waals surface area contributed by atoms with Gasteiger partial charge in [0.2, 0.25) is 0 Å². The van der Waals surface area contributed by atoms with Gasteiger partial charge in [-0.1, -0.05) is 0 Å². The monoisotopic (exact) mass is 342 g/mol. The second-order valence-corrected chi connectivity index (χ2v) is 7.63. The van der Waals surface area contributed by atoms with E-state index in [1.807, 2.05) is 11.8 Å². The summed E-state index contributed by atoms with van der Waals surface area (Å²) in [6.07, 6.45) is 6.53. The lowest BCUT2D eigenvalue weighted by molar-refractivity contribution is 0.0663. The van der Waals surface area contributed by atoms with Gasteiger partial charge in [-0.05, 0) is 44.6 Å². The van der Waals surface area contributed by atoms with Gasteiger partial charge in [-0.15, -0.1) is 0 Å². The van der Waals surface area contributed by atoms with Crippen molar-refractivity contribution in [1.29, 1.82) is 0 Å². The van der Waals surface area contributed by atoms with Gasteiger partial charge in [-0.2, -0.15) is 5.10 Å². The molecule has 3 aliphatic rings. The highest BCUT2D eigenvalue weighted by atomic mass is 16.3. The highest BCUT2D eigenvalue weighted by Gasteiger charge is 2.42. The molecule has 0 radical (unpaired) electrons. The second-order valence-electron chi connectivity index (χ2n) is 7.63. The first-order valence-electron chi connectivity index (χ1n) is 9.15. The summed E-state index contributed by atoms with van der Waals surface area (Å²) in [5.41, 5.74) is 0.615. The first kappa shape index (κ1) is 15.0. The predicted octanol–water partition coefficient (Wildman–Crippen LogP) is 1.59. The third-order valence-corrected chi connectivity index (χ3v) is 5.88. The van der Waals surface area contributed by atoms with Gasteiger partial charge in [0.15, 0.2) is 0 Å². The molecule has 0 unspecified atom stereocenters. The van der Waals surface area contributed by atoms with E-state index in [0.717, 1.165) is 25.2 Å². The lowest BCUT2D eigenvalue weighted by Crippen LogP contribution is -2.43. The molecule has 2 atom stereocenters. The van der Waals surface area contributed by atoms with Crippen molar-refractivity contribution in [2.24, 2.45) is 5.92 Å². The van der Waals surface area contributed by atoms with Crippen LogP contribution in [0.25, 0.3) is 0 Å². The minimum Gasteiger partial charge on any atom is -0.469 e. The molecule has 2 aromatic rings. The molecular weight excluding hydrogens is 320 g/mol. The van der Waals surface area contributed by atoms with Gasteiger partial charge in [0.1, 0.15) is 11.6 Å². The number of carbonyl (C=O) groups is 1. The van der Waals surface area contributed by atoms with Crippen LogP contribution in [0.5, 0.6) is 0 Å². The predicted molar refractivity (Wildman–Crippen MR) is 89.3 cm³/mol. The Morgan fingerprint density at radius 3 is 2.80 bits per heavy atom. The summed E-state index contributed by atoms with van der Waals surface area (Å²) in [7, 11) is 0. The van der Waals surface area contributed by atoms with E-state index in [1.165, 1.54) is 12.8 Å². The summed E-state index contributed by atoms with van der Waals surface area (Å²) >= 11 is 0. The molecule has 132 valence electrons. The van der Waals surface area contributed by atoms with Crippen molar-refractivity contribution in [2.75, 3.05) is 0 Å². The molecule has 1 aliphatic carbocycles. The second kappa shape index (κ2) is 5.34. The van der Waals surface area contributed by atoms with Crippen molar-refractivity contribution in [2.45, 2.75) is 64.2 Å². The number of nitrogens with zero attached hydrogens (tertiary/aromatic N) is 4. The number of furan rings is 1. The first-order chi connectivity index (χ1) is 12.1. The van der Waals surface area contributed by atoms with Crippen LogP contribution in [-0.2, 0) is 19.5 Å². The van der Waals surface area contributed by atoms with Gasteiger partial charge in [-0.3, -0.25) is 9.36 Å². The van der Waals surface area contributed by atoms with Crippen LogP contribution >= 0.6 is 0 Å². The molecule has 7 nitrogen and oxygen atoms in total. The molecule has 1 amide bonds. The van der Waals surface area contributed by atoms with E-state index in [-0.39, 0.29) is 23.7 Å². The molecular formula is C18H22N4O3. The summed E-state index contributed by atoms with van der Waals surface area (Å²) in [5, 5.41) is 4.59. The summed E-state index contributed by atoms with van der Waals surface area (Å²) < 4.78 is 8.75. The van der Waals surface area contributed by atoms with Gasteiger partial charge < -0.3 is 9.32 Å². The molecule has 1 saturated carbocycles. The van der Waals surface area contributed by atoms with Gasteiger partial charge >= 0.3 is 5.69 Å². The average molecular weight is 342 g/mol. The number of amides is 1. The van der Waals surface area contributed by atoms with Gasteiger partial charge in [-0.25, -0.2) is 9.48 Å². The Kier molecular flexibility index (Phi) is 3.20. The molecule has 5 rings (SSSR count). The minimum atomic E-state index is -0.0126. The fourth-order valence-electron chi connectivity index (χ4n) is 4.32.